The minimum atomic E-state index is -0.353. The molecule has 1 aliphatic rings. The van der Waals surface area contributed by atoms with Crippen molar-refractivity contribution in [2.45, 2.75) is 27.2 Å². The predicted molar refractivity (Wildman–Crippen MR) is 124 cm³/mol. The molecular formula is C25H30N2O5. The van der Waals surface area contributed by atoms with Crippen LogP contribution in [0.25, 0.3) is 5.57 Å². The van der Waals surface area contributed by atoms with E-state index in [0.29, 0.717) is 47.2 Å². The van der Waals surface area contributed by atoms with Crippen molar-refractivity contribution in [3.8, 4) is 17.2 Å². The highest BCUT2D eigenvalue weighted by Crippen LogP contribution is 2.36. The number of methoxy groups -OCH3 is 2. The molecule has 2 amide bonds. The van der Waals surface area contributed by atoms with Crippen LogP contribution in [0, 0.1) is 5.92 Å². The number of hydrogen-bond acceptors (Lipinski definition) is 6. The summed E-state index contributed by atoms with van der Waals surface area (Å²) in [6.45, 7) is 6.91. The Labute approximate surface area is 189 Å². The van der Waals surface area contributed by atoms with Crippen LogP contribution < -0.4 is 19.5 Å². The van der Waals surface area contributed by atoms with Crippen molar-refractivity contribution in [1.29, 1.82) is 0 Å². The van der Waals surface area contributed by atoms with Crippen LogP contribution in [0.3, 0.4) is 0 Å². The lowest BCUT2D eigenvalue weighted by Gasteiger charge is -2.17. The maximum Gasteiger partial charge on any atom is 0.278 e. The third kappa shape index (κ3) is 4.88. The lowest BCUT2D eigenvalue weighted by atomic mass is 10.0. The van der Waals surface area contributed by atoms with Crippen LogP contribution in [-0.4, -0.2) is 44.1 Å². The quantitative estimate of drug-likeness (QED) is 0.556. The lowest BCUT2D eigenvalue weighted by Crippen LogP contribution is -2.35. The largest absolute Gasteiger partial charge is 0.494 e. The van der Waals surface area contributed by atoms with Crippen LogP contribution in [0.4, 0.5) is 5.69 Å². The van der Waals surface area contributed by atoms with Gasteiger partial charge in [-0.15, -0.1) is 0 Å². The Morgan fingerprint density at radius 2 is 1.72 bits per heavy atom. The third-order valence-corrected chi connectivity index (χ3v) is 4.96. The van der Waals surface area contributed by atoms with Crippen molar-refractivity contribution in [3.63, 3.8) is 0 Å². The normalized spacial score (nSPS) is 13.8. The van der Waals surface area contributed by atoms with Gasteiger partial charge in [-0.25, -0.2) is 0 Å². The van der Waals surface area contributed by atoms with Gasteiger partial charge in [0, 0.05) is 18.3 Å². The number of anilines is 1. The monoisotopic (exact) mass is 438 g/mol. The number of amides is 2. The van der Waals surface area contributed by atoms with Gasteiger partial charge in [-0.05, 0) is 42.2 Å². The predicted octanol–water partition coefficient (Wildman–Crippen LogP) is 4.34. The standard InChI is InChI=1S/C25H30N2O5/c1-6-12-32-19-9-7-8-18(14-19)26-23-22(24(28)27(25(23)29)15-16(2)3)17-10-11-20(30-4)21(13-17)31-5/h7-11,13-14,16,26H,6,12,15H2,1-5H3. The minimum Gasteiger partial charge on any atom is -0.494 e. The molecular weight excluding hydrogens is 408 g/mol. The summed E-state index contributed by atoms with van der Waals surface area (Å²) >= 11 is 0. The van der Waals surface area contributed by atoms with Gasteiger partial charge < -0.3 is 19.5 Å². The summed E-state index contributed by atoms with van der Waals surface area (Å²) < 4.78 is 16.4. The Balaban J connectivity index is 2.05. The molecule has 0 atom stereocenters. The fourth-order valence-electron chi connectivity index (χ4n) is 3.51. The second-order valence-corrected chi connectivity index (χ2v) is 7.94. The van der Waals surface area contributed by atoms with Crippen LogP contribution in [0.1, 0.15) is 32.8 Å². The maximum absolute atomic E-state index is 13.3. The molecule has 1 heterocycles. The molecule has 2 aromatic carbocycles. The van der Waals surface area contributed by atoms with Crippen molar-refractivity contribution >= 4 is 23.1 Å². The van der Waals surface area contributed by atoms with E-state index in [2.05, 4.69) is 5.32 Å². The Hall–Kier alpha value is -3.48. The minimum absolute atomic E-state index is 0.139. The van der Waals surface area contributed by atoms with Crippen molar-refractivity contribution in [3.05, 3.63) is 53.7 Å². The summed E-state index contributed by atoms with van der Waals surface area (Å²) in [6.07, 6.45) is 0.892. The third-order valence-electron chi connectivity index (χ3n) is 4.96. The van der Waals surface area contributed by atoms with E-state index in [1.807, 2.05) is 45.0 Å². The van der Waals surface area contributed by atoms with Gasteiger partial charge in [0.25, 0.3) is 11.8 Å². The number of ether oxygens (including phenoxy) is 3. The Morgan fingerprint density at radius 1 is 0.969 bits per heavy atom. The van der Waals surface area contributed by atoms with Crippen LogP contribution in [0.2, 0.25) is 0 Å². The van der Waals surface area contributed by atoms with E-state index in [9.17, 15) is 9.59 Å². The fraction of sp³-hybridized carbons (Fsp3) is 0.360. The van der Waals surface area contributed by atoms with Crippen molar-refractivity contribution in [2.24, 2.45) is 5.92 Å². The number of nitrogens with one attached hydrogen (secondary N) is 1. The van der Waals surface area contributed by atoms with E-state index in [1.54, 1.807) is 25.3 Å². The van der Waals surface area contributed by atoms with Gasteiger partial charge in [-0.1, -0.05) is 32.9 Å². The Kier molecular flexibility index (Phi) is 7.41. The highest BCUT2D eigenvalue weighted by molar-refractivity contribution is 6.36. The molecule has 170 valence electrons. The summed E-state index contributed by atoms with van der Waals surface area (Å²) in [7, 11) is 3.08. The van der Waals surface area contributed by atoms with E-state index < -0.39 is 0 Å². The number of hydrogen-bond donors (Lipinski definition) is 1. The van der Waals surface area contributed by atoms with Crippen molar-refractivity contribution in [1.82, 2.24) is 4.90 Å². The lowest BCUT2D eigenvalue weighted by molar-refractivity contribution is -0.137. The summed E-state index contributed by atoms with van der Waals surface area (Å²) in [5.74, 6) is 1.17. The van der Waals surface area contributed by atoms with Gasteiger partial charge in [0.1, 0.15) is 11.4 Å². The van der Waals surface area contributed by atoms with Gasteiger partial charge >= 0.3 is 0 Å². The molecule has 0 saturated carbocycles. The van der Waals surface area contributed by atoms with E-state index in [0.717, 1.165) is 6.42 Å². The number of imide groups is 1. The molecule has 0 saturated heterocycles. The molecule has 0 bridgehead atoms. The first-order valence-corrected chi connectivity index (χ1v) is 10.7. The zero-order valence-corrected chi connectivity index (χ0v) is 19.2. The number of carbonyl (C=O) groups excluding carboxylic acids is 2. The molecule has 1 N–H and O–H groups in total. The fourth-order valence-corrected chi connectivity index (χ4v) is 3.51. The first kappa shape index (κ1) is 23.2. The van der Waals surface area contributed by atoms with E-state index >= 15 is 0 Å². The zero-order chi connectivity index (χ0) is 23.3. The summed E-state index contributed by atoms with van der Waals surface area (Å²) in [6, 6.07) is 12.5. The van der Waals surface area contributed by atoms with E-state index in [1.165, 1.54) is 12.0 Å². The van der Waals surface area contributed by atoms with Crippen molar-refractivity contribution in [2.75, 3.05) is 32.7 Å². The number of rotatable bonds is 10. The first-order chi connectivity index (χ1) is 15.4. The second kappa shape index (κ2) is 10.2. The molecule has 7 nitrogen and oxygen atoms in total. The molecule has 1 aliphatic heterocycles. The molecule has 0 aliphatic carbocycles. The topological polar surface area (TPSA) is 77.1 Å². The zero-order valence-electron chi connectivity index (χ0n) is 19.2. The number of carbonyl (C=O) groups is 2. The number of nitrogens with zero attached hydrogens (tertiary/aromatic N) is 1. The molecule has 0 unspecified atom stereocenters. The first-order valence-electron chi connectivity index (χ1n) is 10.7. The number of benzene rings is 2. The van der Waals surface area contributed by atoms with Gasteiger partial charge in [-0.2, -0.15) is 0 Å². The smallest absolute Gasteiger partial charge is 0.278 e. The highest BCUT2D eigenvalue weighted by atomic mass is 16.5. The average Bonchev–Trinajstić information content (AvgIpc) is 3.01. The van der Waals surface area contributed by atoms with Crippen LogP contribution in [-0.2, 0) is 9.59 Å². The SMILES string of the molecule is CCCOc1cccc(NC2=C(c3ccc(OC)c(OC)c3)C(=O)N(CC(C)C)C2=O)c1. The van der Waals surface area contributed by atoms with E-state index in [-0.39, 0.29) is 23.4 Å². The molecule has 32 heavy (non-hydrogen) atoms. The highest BCUT2D eigenvalue weighted by Gasteiger charge is 2.39. The van der Waals surface area contributed by atoms with Gasteiger partial charge in [0.2, 0.25) is 0 Å². The molecule has 0 spiro atoms. The van der Waals surface area contributed by atoms with E-state index in [4.69, 9.17) is 14.2 Å². The molecule has 7 heteroatoms. The molecule has 0 radical (unpaired) electrons. The molecule has 0 aromatic heterocycles. The Bertz CT molecular complexity index is 1030. The van der Waals surface area contributed by atoms with Crippen LogP contribution >= 0.6 is 0 Å². The van der Waals surface area contributed by atoms with Gasteiger partial charge in [0.15, 0.2) is 11.5 Å². The van der Waals surface area contributed by atoms with Crippen LogP contribution in [0.15, 0.2) is 48.2 Å². The average molecular weight is 439 g/mol. The molecule has 3 rings (SSSR count). The molecule has 0 fully saturated rings. The molecule has 2 aromatic rings. The summed E-state index contributed by atoms with van der Waals surface area (Å²) in [4.78, 5) is 27.9. The van der Waals surface area contributed by atoms with Gasteiger partial charge in [-0.3, -0.25) is 14.5 Å². The Morgan fingerprint density at radius 3 is 2.38 bits per heavy atom. The van der Waals surface area contributed by atoms with Crippen LogP contribution in [0.5, 0.6) is 17.2 Å². The maximum atomic E-state index is 13.3. The summed E-state index contributed by atoms with van der Waals surface area (Å²) in [5, 5.41) is 3.17. The van der Waals surface area contributed by atoms with Crippen molar-refractivity contribution < 1.29 is 23.8 Å². The van der Waals surface area contributed by atoms with Gasteiger partial charge in [0.05, 0.1) is 26.4 Å². The second-order valence-electron chi connectivity index (χ2n) is 7.94. The summed E-state index contributed by atoms with van der Waals surface area (Å²) in [5.41, 5.74) is 1.78.